The molecule has 0 unspecified atom stereocenters. The van der Waals surface area contributed by atoms with E-state index >= 15 is 0 Å². The van der Waals surface area contributed by atoms with Gasteiger partial charge >= 0.3 is 0 Å². The maximum Gasteiger partial charge on any atom is 0.232 e. The van der Waals surface area contributed by atoms with E-state index in [0.29, 0.717) is 6.61 Å². The van der Waals surface area contributed by atoms with Crippen molar-refractivity contribution in [3.8, 4) is 5.69 Å². The molecular formula is C17H23N3O2. The van der Waals surface area contributed by atoms with E-state index in [2.05, 4.69) is 10.3 Å². The zero-order valence-electron chi connectivity index (χ0n) is 13.8. The maximum atomic E-state index is 12.2. The predicted molar refractivity (Wildman–Crippen MR) is 87.3 cm³/mol. The minimum absolute atomic E-state index is 0.0586. The largest absolute Gasteiger partial charge is 0.384 e. The molecule has 1 N–H and O–H groups in total. The summed E-state index contributed by atoms with van der Waals surface area (Å²) in [4.78, 5) is 16.5. The van der Waals surface area contributed by atoms with Gasteiger partial charge in [0.15, 0.2) is 0 Å². The van der Waals surface area contributed by atoms with Crippen molar-refractivity contribution >= 4 is 11.6 Å². The molecule has 0 aliphatic heterocycles. The number of benzene rings is 1. The number of hydrogen-bond acceptors (Lipinski definition) is 3. The van der Waals surface area contributed by atoms with Crippen molar-refractivity contribution in [2.24, 2.45) is 5.41 Å². The van der Waals surface area contributed by atoms with Crippen LogP contribution in [0.3, 0.4) is 0 Å². The summed E-state index contributed by atoms with van der Waals surface area (Å²) in [7, 11) is 1.60. The summed E-state index contributed by atoms with van der Waals surface area (Å²) < 4.78 is 7.11. The zero-order chi connectivity index (χ0) is 16.3. The number of rotatable bonds is 5. The van der Waals surface area contributed by atoms with Crippen molar-refractivity contribution in [1.29, 1.82) is 0 Å². The molecule has 1 amide bonds. The fraction of sp³-hybridized carbons (Fsp3) is 0.412. The molecule has 0 saturated carbocycles. The van der Waals surface area contributed by atoms with Crippen LogP contribution < -0.4 is 5.32 Å². The van der Waals surface area contributed by atoms with Crippen LogP contribution in [0.4, 0.5) is 5.69 Å². The standard InChI is InChI=1S/C17H23N3O2/c1-12-13(2)20(11-18-12)15-8-6-14(7-9-15)19-16(21)17(3,4)10-22-5/h6-9,11H,10H2,1-5H3,(H,19,21). The van der Waals surface area contributed by atoms with Crippen molar-refractivity contribution in [2.75, 3.05) is 19.0 Å². The van der Waals surface area contributed by atoms with Gasteiger partial charge in [-0.3, -0.25) is 4.79 Å². The number of carbonyl (C=O) groups is 1. The smallest absolute Gasteiger partial charge is 0.232 e. The fourth-order valence-electron chi connectivity index (χ4n) is 2.19. The number of methoxy groups -OCH3 is 1. The van der Waals surface area contributed by atoms with Crippen LogP contribution in [0.2, 0.25) is 0 Å². The van der Waals surface area contributed by atoms with E-state index in [0.717, 1.165) is 22.8 Å². The number of imidazole rings is 1. The first-order chi connectivity index (χ1) is 10.3. The number of aryl methyl sites for hydroxylation is 1. The van der Waals surface area contributed by atoms with Gasteiger partial charge in [0.2, 0.25) is 5.91 Å². The van der Waals surface area contributed by atoms with Gasteiger partial charge in [-0.05, 0) is 52.0 Å². The molecule has 1 aromatic heterocycles. The first kappa shape index (κ1) is 16.2. The van der Waals surface area contributed by atoms with Gasteiger partial charge in [0.25, 0.3) is 0 Å². The molecule has 0 bridgehead atoms. The highest BCUT2D eigenvalue weighted by molar-refractivity contribution is 5.94. The number of carbonyl (C=O) groups excluding carboxylic acids is 1. The molecule has 0 aliphatic carbocycles. The van der Waals surface area contributed by atoms with Gasteiger partial charge in [-0.1, -0.05) is 0 Å². The maximum absolute atomic E-state index is 12.2. The van der Waals surface area contributed by atoms with E-state index in [9.17, 15) is 4.79 Å². The SMILES string of the molecule is COCC(C)(C)C(=O)Nc1ccc(-n2cnc(C)c2C)cc1. The summed E-state index contributed by atoms with van der Waals surface area (Å²) in [5, 5.41) is 2.92. The van der Waals surface area contributed by atoms with Crippen LogP contribution in [-0.4, -0.2) is 29.2 Å². The fourth-order valence-corrected chi connectivity index (χ4v) is 2.19. The van der Waals surface area contributed by atoms with Gasteiger partial charge < -0.3 is 14.6 Å². The number of ether oxygens (including phenoxy) is 1. The molecule has 1 heterocycles. The number of anilines is 1. The molecule has 0 fully saturated rings. The number of hydrogen-bond donors (Lipinski definition) is 1. The summed E-state index contributed by atoms with van der Waals surface area (Å²) in [5.74, 6) is -0.0586. The van der Waals surface area contributed by atoms with Crippen LogP contribution in [0, 0.1) is 19.3 Å². The lowest BCUT2D eigenvalue weighted by Crippen LogP contribution is -2.34. The Morgan fingerprint density at radius 3 is 2.41 bits per heavy atom. The molecule has 118 valence electrons. The lowest BCUT2D eigenvalue weighted by atomic mass is 9.93. The summed E-state index contributed by atoms with van der Waals surface area (Å²) >= 11 is 0. The Morgan fingerprint density at radius 1 is 1.27 bits per heavy atom. The number of nitrogens with one attached hydrogen (secondary N) is 1. The second-order valence-corrected chi connectivity index (χ2v) is 6.10. The molecule has 5 nitrogen and oxygen atoms in total. The van der Waals surface area contributed by atoms with Crippen LogP contribution in [0.5, 0.6) is 0 Å². The third-order valence-corrected chi connectivity index (χ3v) is 3.78. The lowest BCUT2D eigenvalue weighted by molar-refractivity contribution is -0.126. The van der Waals surface area contributed by atoms with Gasteiger partial charge in [-0.25, -0.2) is 4.98 Å². The molecule has 0 spiro atoms. The molecule has 0 atom stereocenters. The van der Waals surface area contributed by atoms with Gasteiger partial charge in [-0.15, -0.1) is 0 Å². The van der Waals surface area contributed by atoms with Crippen LogP contribution in [0.1, 0.15) is 25.2 Å². The summed E-state index contributed by atoms with van der Waals surface area (Å²) in [6.07, 6.45) is 1.81. The van der Waals surface area contributed by atoms with Crippen molar-refractivity contribution in [3.63, 3.8) is 0 Å². The topological polar surface area (TPSA) is 56.1 Å². The first-order valence-electron chi connectivity index (χ1n) is 7.26. The van der Waals surface area contributed by atoms with Gasteiger partial charge in [0, 0.05) is 24.2 Å². The van der Waals surface area contributed by atoms with Crippen LogP contribution >= 0.6 is 0 Å². The Hall–Kier alpha value is -2.14. The molecule has 0 aliphatic rings. The van der Waals surface area contributed by atoms with Crippen LogP contribution in [0.15, 0.2) is 30.6 Å². The van der Waals surface area contributed by atoms with E-state index in [1.54, 1.807) is 13.4 Å². The highest BCUT2D eigenvalue weighted by atomic mass is 16.5. The first-order valence-corrected chi connectivity index (χ1v) is 7.26. The van der Waals surface area contributed by atoms with Crippen molar-refractivity contribution in [1.82, 2.24) is 9.55 Å². The second-order valence-electron chi connectivity index (χ2n) is 6.10. The third kappa shape index (κ3) is 3.36. The number of amides is 1. The van der Waals surface area contributed by atoms with Crippen LogP contribution in [0.25, 0.3) is 5.69 Å². The van der Waals surface area contributed by atoms with E-state index in [1.165, 1.54) is 0 Å². The quantitative estimate of drug-likeness (QED) is 0.923. The minimum Gasteiger partial charge on any atom is -0.384 e. The normalized spacial score (nSPS) is 11.5. The molecular weight excluding hydrogens is 278 g/mol. The predicted octanol–water partition coefficient (Wildman–Crippen LogP) is 3.10. The van der Waals surface area contributed by atoms with E-state index in [1.807, 2.05) is 56.5 Å². The van der Waals surface area contributed by atoms with Crippen molar-refractivity contribution in [2.45, 2.75) is 27.7 Å². The lowest BCUT2D eigenvalue weighted by Gasteiger charge is -2.22. The highest BCUT2D eigenvalue weighted by Gasteiger charge is 2.27. The summed E-state index contributed by atoms with van der Waals surface area (Å²) in [5.41, 5.74) is 3.35. The van der Waals surface area contributed by atoms with E-state index in [4.69, 9.17) is 4.74 Å². The molecule has 0 saturated heterocycles. The summed E-state index contributed by atoms with van der Waals surface area (Å²) in [6, 6.07) is 7.72. The Morgan fingerprint density at radius 2 is 1.91 bits per heavy atom. The average Bonchev–Trinajstić information content (AvgIpc) is 2.80. The summed E-state index contributed by atoms with van der Waals surface area (Å²) in [6.45, 7) is 8.11. The highest BCUT2D eigenvalue weighted by Crippen LogP contribution is 2.21. The Kier molecular flexibility index (Phi) is 4.66. The Bertz CT molecular complexity index is 657. The van der Waals surface area contributed by atoms with Gasteiger partial charge in [0.05, 0.1) is 24.0 Å². The molecule has 22 heavy (non-hydrogen) atoms. The van der Waals surface area contributed by atoms with E-state index in [-0.39, 0.29) is 5.91 Å². The third-order valence-electron chi connectivity index (χ3n) is 3.78. The van der Waals surface area contributed by atoms with Crippen molar-refractivity contribution in [3.05, 3.63) is 42.0 Å². The van der Waals surface area contributed by atoms with E-state index < -0.39 is 5.41 Å². The Balaban J connectivity index is 2.13. The average molecular weight is 301 g/mol. The molecule has 0 radical (unpaired) electrons. The monoisotopic (exact) mass is 301 g/mol. The number of aromatic nitrogens is 2. The molecule has 2 rings (SSSR count). The van der Waals surface area contributed by atoms with Gasteiger partial charge in [0.1, 0.15) is 0 Å². The van der Waals surface area contributed by atoms with Crippen molar-refractivity contribution < 1.29 is 9.53 Å². The molecule has 1 aromatic carbocycles. The number of nitrogens with zero attached hydrogens (tertiary/aromatic N) is 2. The second kappa shape index (κ2) is 6.32. The van der Waals surface area contributed by atoms with Crippen LogP contribution in [-0.2, 0) is 9.53 Å². The van der Waals surface area contributed by atoms with Gasteiger partial charge in [-0.2, -0.15) is 0 Å². The molecule has 5 heteroatoms. The molecule has 2 aromatic rings. The Labute approximate surface area is 131 Å². The minimum atomic E-state index is -0.564. The zero-order valence-corrected chi connectivity index (χ0v) is 13.8.